The first-order valence-electron chi connectivity index (χ1n) is 10.0. The topological polar surface area (TPSA) is 61.4 Å². The summed E-state index contributed by atoms with van der Waals surface area (Å²) in [4.78, 5) is 26.1. The summed E-state index contributed by atoms with van der Waals surface area (Å²) < 4.78 is 0. The lowest BCUT2D eigenvalue weighted by molar-refractivity contribution is 0.295. The molecule has 0 aromatic heterocycles. The molecule has 7 heteroatoms. The van der Waals surface area contributed by atoms with Crippen LogP contribution in [0.15, 0.2) is 46.0 Å². The lowest BCUT2D eigenvalue weighted by Gasteiger charge is -2.33. The van der Waals surface area contributed by atoms with E-state index >= 15 is 0 Å². The van der Waals surface area contributed by atoms with Crippen molar-refractivity contribution in [1.82, 2.24) is 4.90 Å². The number of nitrogens with one attached hydrogen (secondary N) is 2. The molecule has 3 aromatic rings. The number of anilines is 3. The zero-order valence-corrected chi connectivity index (χ0v) is 18.0. The highest BCUT2D eigenvalue weighted by Crippen LogP contribution is 2.38. The van der Waals surface area contributed by atoms with E-state index in [1.165, 1.54) is 0 Å². The van der Waals surface area contributed by atoms with Gasteiger partial charge in [0.15, 0.2) is 0 Å². The fourth-order valence-corrected chi connectivity index (χ4v) is 4.72. The van der Waals surface area contributed by atoms with E-state index in [-0.39, 0.29) is 5.92 Å². The predicted octanol–water partition coefficient (Wildman–Crippen LogP) is 4.48. The normalized spacial score (nSPS) is 19.0. The molecule has 1 heterocycles. The smallest absolute Gasteiger partial charge is 0.253 e. The minimum absolute atomic E-state index is 0.155. The van der Waals surface area contributed by atoms with Crippen LogP contribution in [-0.4, -0.2) is 24.5 Å². The number of hydrogen-bond donors (Lipinski definition) is 2. The average Bonchev–Trinajstić information content (AvgIpc) is 3.55. The molecular weight excluding hydrogens is 421 g/mol. The van der Waals surface area contributed by atoms with E-state index in [0.717, 1.165) is 48.3 Å². The Balaban J connectivity index is 1.41. The van der Waals surface area contributed by atoms with Gasteiger partial charge >= 0.3 is 0 Å². The first kappa shape index (κ1) is 19.6. The SMILES string of the molecule is CN1Cc2c(Cl)cc(Cl)cc2C(c2ccc(Nc3c(NC4CC4)c(=O)c3=O)cc2)C1. The molecule has 2 N–H and O–H groups in total. The minimum Gasteiger partial charge on any atom is -0.377 e. The van der Waals surface area contributed by atoms with Crippen molar-refractivity contribution >= 4 is 40.3 Å². The van der Waals surface area contributed by atoms with Crippen LogP contribution in [0.1, 0.15) is 35.4 Å². The summed E-state index contributed by atoms with van der Waals surface area (Å²) in [5, 5.41) is 7.60. The second-order valence-corrected chi connectivity index (χ2v) is 9.12. The Hall–Kier alpha value is -2.34. The molecule has 1 aliphatic heterocycles. The molecule has 0 radical (unpaired) electrons. The molecule has 5 nitrogen and oxygen atoms in total. The Labute approximate surface area is 184 Å². The van der Waals surface area contributed by atoms with Gasteiger partial charge in [0.2, 0.25) is 0 Å². The molecule has 1 fully saturated rings. The summed E-state index contributed by atoms with van der Waals surface area (Å²) >= 11 is 12.7. The second-order valence-electron chi connectivity index (χ2n) is 8.28. The summed E-state index contributed by atoms with van der Waals surface area (Å²) in [6.07, 6.45) is 2.08. The number of hydrogen-bond acceptors (Lipinski definition) is 5. The summed E-state index contributed by atoms with van der Waals surface area (Å²) in [5.41, 5.74) is 4.07. The van der Waals surface area contributed by atoms with Crippen molar-refractivity contribution in [3.05, 3.63) is 83.6 Å². The van der Waals surface area contributed by atoms with Gasteiger partial charge in [-0.2, -0.15) is 0 Å². The van der Waals surface area contributed by atoms with E-state index in [1.807, 2.05) is 30.3 Å². The molecule has 0 saturated heterocycles. The van der Waals surface area contributed by atoms with Gasteiger partial charge in [0.1, 0.15) is 11.4 Å². The van der Waals surface area contributed by atoms with E-state index in [9.17, 15) is 9.59 Å². The third kappa shape index (κ3) is 3.51. The van der Waals surface area contributed by atoms with Gasteiger partial charge in [-0.15, -0.1) is 0 Å². The summed E-state index contributed by atoms with van der Waals surface area (Å²) in [6, 6.07) is 12.1. The molecule has 154 valence electrons. The van der Waals surface area contributed by atoms with E-state index in [4.69, 9.17) is 23.2 Å². The molecular formula is C23H21Cl2N3O2. The highest BCUT2D eigenvalue weighted by atomic mass is 35.5. The molecule has 30 heavy (non-hydrogen) atoms. The van der Waals surface area contributed by atoms with Gasteiger partial charge < -0.3 is 15.5 Å². The highest BCUT2D eigenvalue weighted by molar-refractivity contribution is 6.35. The zero-order valence-electron chi connectivity index (χ0n) is 16.5. The molecule has 1 saturated carbocycles. The highest BCUT2D eigenvalue weighted by Gasteiger charge is 2.29. The van der Waals surface area contributed by atoms with Crippen LogP contribution < -0.4 is 21.5 Å². The molecule has 0 amide bonds. The quantitative estimate of drug-likeness (QED) is 0.571. The van der Waals surface area contributed by atoms with Crippen molar-refractivity contribution < 1.29 is 0 Å². The predicted molar refractivity (Wildman–Crippen MR) is 122 cm³/mol. The lowest BCUT2D eigenvalue weighted by Crippen LogP contribution is -2.37. The Morgan fingerprint density at radius 3 is 2.40 bits per heavy atom. The molecule has 3 aromatic carbocycles. The van der Waals surface area contributed by atoms with E-state index in [1.54, 1.807) is 6.07 Å². The van der Waals surface area contributed by atoms with Crippen LogP contribution >= 0.6 is 23.2 Å². The van der Waals surface area contributed by atoms with Crippen LogP contribution in [0.5, 0.6) is 0 Å². The largest absolute Gasteiger partial charge is 0.377 e. The number of rotatable bonds is 5. The first-order chi connectivity index (χ1) is 14.4. The van der Waals surface area contributed by atoms with Gasteiger partial charge in [-0.3, -0.25) is 9.59 Å². The monoisotopic (exact) mass is 441 g/mol. The Morgan fingerprint density at radius 2 is 1.70 bits per heavy atom. The van der Waals surface area contributed by atoms with Gasteiger partial charge in [0.05, 0.1) is 0 Å². The molecule has 0 bridgehead atoms. The summed E-state index contributed by atoms with van der Waals surface area (Å²) in [7, 11) is 2.08. The van der Waals surface area contributed by atoms with Crippen molar-refractivity contribution in [1.29, 1.82) is 0 Å². The van der Waals surface area contributed by atoms with Crippen molar-refractivity contribution in [2.24, 2.45) is 0 Å². The third-order valence-electron chi connectivity index (χ3n) is 5.91. The lowest BCUT2D eigenvalue weighted by atomic mass is 9.84. The molecule has 1 aliphatic carbocycles. The van der Waals surface area contributed by atoms with Gasteiger partial charge in [0, 0.05) is 40.8 Å². The van der Waals surface area contributed by atoms with Crippen molar-refractivity contribution in [3.8, 4) is 0 Å². The standard InChI is InChI=1S/C23H21Cl2N3O2/c1-28-10-17(16-8-13(24)9-19(25)18(16)11-28)12-2-4-14(5-3-12)26-20-21(23(30)22(20)29)27-15-6-7-15/h2-5,8-9,15,17,26-27H,6-7,10-11H2,1H3. The van der Waals surface area contributed by atoms with Crippen molar-refractivity contribution in [2.75, 3.05) is 24.2 Å². The number of benzene rings is 2. The third-order valence-corrected chi connectivity index (χ3v) is 6.47. The Morgan fingerprint density at radius 1 is 1.00 bits per heavy atom. The van der Waals surface area contributed by atoms with Crippen LogP contribution in [-0.2, 0) is 6.54 Å². The van der Waals surface area contributed by atoms with Crippen LogP contribution in [0, 0.1) is 0 Å². The van der Waals surface area contributed by atoms with Gasteiger partial charge in [-0.25, -0.2) is 0 Å². The fraction of sp³-hybridized carbons (Fsp3) is 0.304. The van der Waals surface area contributed by atoms with E-state index in [0.29, 0.717) is 27.5 Å². The minimum atomic E-state index is -0.464. The number of nitrogens with zero attached hydrogens (tertiary/aromatic N) is 1. The Kier molecular flexibility index (Phi) is 4.85. The van der Waals surface area contributed by atoms with Gasteiger partial charge in [-0.1, -0.05) is 35.3 Å². The first-order valence-corrected chi connectivity index (χ1v) is 10.8. The second kappa shape index (κ2) is 7.41. The number of likely N-dealkylation sites (N-methyl/N-ethyl adjacent to an activating group) is 1. The van der Waals surface area contributed by atoms with Gasteiger partial charge in [0.25, 0.3) is 10.9 Å². The van der Waals surface area contributed by atoms with E-state index in [2.05, 4.69) is 22.6 Å². The molecule has 2 aliphatic rings. The van der Waals surface area contributed by atoms with E-state index < -0.39 is 10.9 Å². The Bertz CT molecular complexity index is 1190. The maximum absolute atomic E-state index is 12.0. The number of halogens is 2. The van der Waals surface area contributed by atoms with Crippen LogP contribution in [0.2, 0.25) is 10.0 Å². The maximum atomic E-state index is 12.0. The fourth-order valence-electron chi connectivity index (χ4n) is 4.15. The average molecular weight is 442 g/mol. The van der Waals surface area contributed by atoms with Crippen molar-refractivity contribution in [3.63, 3.8) is 0 Å². The van der Waals surface area contributed by atoms with Crippen LogP contribution in [0.25, 0.3) is 0 Å². The summed E-state index contributed by atoms with van der Waals surface area (Å²) in [5.74, 6) is 0.155. The van der Waals surface area contributed by atoms with Crippen LogP contribution in [0.4, 0.5) is 17.1 Å². The zero-order chi connectivity index (χ0) is 21.0. The molecule has 1 unspecified atom stereocenters. The molecule has 0 spiro atoms. The molecule has 1 atom stereocenters. The molecule has 5 rings (SSSR count). The van der Waals surface area contributed by atoms with Gasteiger partial charge in [-0.05, 0) is 60.8 Å². The maximum Gasteiger partial charge on any atom is 0.253 e. The summed E-state index contributed by atoms with van der Waals surface area (Å²) in [6.45, 7) is 1.66. The van der Waals surface area contributed by atoms with Crippen molar-refractivity contribution in [2.45, 2.75) is 31.3 Å². The number of fused-ring (bicyclic) bond motifs is 1. The van der Waals surface area contributed by atoms with Crippen LogP contribution in [0.3, 0.4) is 0 Å².